The van der Waals surface area contributed by atoms with E-state index in [1.807, 2.05) is 30.3 Å². The van der Waals surface area contributed by atoms with Crippen LogP contribution >= 0.6 is 15.9 Å². The van der Waals surface area contributed by atoms with E-state index in [1.165, 1.54) is 0 Å². The normalized spacial score (nSPS) is 10.8. The molecule has 1 aromatic heterocycles. The number of esters is 1. The van der Waals surface area contributed by atoms with Crippen LogP contribution in [0.15, 0.2) is 76.0 Å². The van der Waals surface area contributed by atoms with Crippen LogP contribution in [0.1, 0.15) is 21.7 Å². The lowest BCUT2D eigenvalue weighted by Crippen LogP contribution is -2.28. The number of hydrogen-bond donors (Lipinski definition) is 0. The molecule has 174 valence electrons. The predicted octanol–water partition coefficient (Wildman–Crippen LogP) is 4.62. The van der Waals surface area contributed by atoms with E-state index in [2.05, 4.69) is 15.9 Å². The summed E-state index contributed by atoms with van der Waals surface area (Å²) in [6.07, 6.45) is 0.390. The SMILES string of the molecule is COc1ccc(Cc2nc3ccccc3c(=O)n2CCOC(=O)c2ccc(Br)cc2)cc1OC. The molecular weight excluding hydrogens is 500 g/mol. The molecule has 0 aliphatic carbocycles. The molecule has 0 bridgehead atoms. The molecule has 0 atom stereocenters. The molecule has 0 spiro atoms. The number of carbonyl (C=O) groups excluding carboxylic acids is 1. The van der Waals surface area contributed by atoms with Crippen LogP contribution in [0.25, 0.3) is 10.9 Å². The number of ether oxygens (including phenoxy) is 3. The van der Waals surface area contributed by atoms with Crippen molar-refractivity contribution >= 4 is 32.8 Å². The smallest absolute Gasteiger partial charge is 0.338 e. The number of carbonyl (C=O) groups is 1. The summed E-state index contributed by atoms with van der Waals surface area (Å²) in [6, 6.07) is 19.7. The summed E-state index contributed by atoms with van der Waals surface area (Å²) in [6.45, 7) is 0.218. The van der Waals surface area contributed by atoms with Gasteiger partial charge in [-0.3, -0.25) is 9.36 Å². The molecule has 0 radical (unpaired) electrons. The molecule has 0 saturated heterocycles. The Bertz CT molecular complexity index is 1380. The van der Waals surface area contributed by atoms with Crippen molar-refractivity contribution in [1.82, 2.24) is 9.55 Å². The van der Waals surface area contributed by atoms with Gasteiger partial charge in [0.25, 0.3) is 5.56 Å². The van der Waals surface area contributed by atoms with Gasteiger partial charge in [0, 0.05) is 10.9 Å². The van der Waals surface area contributed by atoms with Crippen molar-refractivity contribution in [1.29, 1.82) is 0 Å². The van der Waals surface area contributed by atoms with Gasteiger partial charge in [-0.2, -0.15) is 0 Å². The maximum Gasteiger partial charge on any atom is 0.338 e. The van der Waals surface area contributed by atoms with Gasteiger partial charge in [0.05, 0.1) is 37.2 Å². The second-order valence-corrected chi connectivity index (χ2v) is 8.43. The Morgan fingerprint density at radius 3 is 2.44 bits per heavy atom. The first-order chi connectivity index (χ1) is 16.5. The molecule has 4 aromatic rings. The third-order valence-electron chi connectivity index (χ3n) is 5.38. The van der Waals surface area contributed by atoms with Crippen LogP contribution in [0.2, 0.25) is 0 Å². The second kappa shape index (κ2) is 10.5. The zero-order valence-corrected chi connectivity index (χ0v) is 20.4. The highest BCUT2D eigenvalue weighted by Crippen LogP contribution is 2.28. The number of benzene rings is 3. The molecule has 34 heavy (non-hydrogen) atoms. The Hall–Kier alpha value is -3.65. The fourth-order valence-electron chi connectivity index (χ4n) is 3.65. The first-order valence-electron chi connectivity index (χ1n) is 10.6. The number of aromatic nitrogens is 2. The van der Waals surface area contributed by atoms with Crippen molar-refractivity contribution in [2.45, 2.75) is 13.0 Å². The predicted molar refractivity (Wildman–Crippen MR) is 133 cm³/mol. The van der Waals surface area contributed by atoms with Gasteiger partial charge in [0.15, 0.2) is 11.5 Å². The fourth-order valence-corrected chi connectivity index (χ4v) is 3.92. The zero-order chi connectivity index (χ0) is 24.1. The van der Waals surface area contributed by atoms with Crippen LogP contribution in [0, 0.1) is 0 Å². The summed E-state index contributed by atoms with van der Waals surface area (Å²) >= 11 is 3.35. The Balaban J connectivity index is 1.61. The minimum Gasteiger partial charge on any atom is -0.493 e. The number of para-hydroxylation sites is 1. The summed E-state index contributed by atoms with van der Waals surface area (Å²) in [5.41, 5.74) is 1.78. The largest absolute Gasteiger partial charge is 0.493 e. The standard InChI is InChI=1S/C26H23BrN2O5/c1-32-22-12-7-17(15-23(22)33-2)16-24-28-21-6-4-3-5-20(21)25(30)29(24)13-14-34-26(31)18-8-10-19(27)11-9-18/h3-12,15H,13-14,16H2,1-2H3. The van der Waals surface area contributed by atoms with E-state index in [9.17, 15) is 9.59 Å². The van der Waals surface area contributed by atoms with Crippen molar-refractivity contribution in [2.24, 2.45) is 0 Å². The summed E-state index contributed by atoms with van der Waals surface area (Å²) in [4.78, 5) is 30.4. The van der Waals surface area contributed by atoms with Crippen molar-refractivity contribution in [3.05, 3.63) is 98.5 Å². The molecule has 0 unspecified atom stereocenters. The van der Waals surface area contributed by atoms with Gasteiger partial charge in [-0.25, -0.2) is 9.78 Å². The molecule has 1 heterocycles. The van der Waals surface area contributed by atoms with E-state index in [4.69, 9.17) is 19.2 Å². The molecule has 0 aliphatic heterocycles. The molecule has 4 rings (SSSR count). The third-order valence-corrected chi connectivity index (χ3v) is 5.91. The molecule has 0 saturated carbocycles. The summed E-state index contributed by atoms with van der Waals surface area (Å²) in [7, 11) is 3.15. The van der Waals surface area contributed by atoms with E-state index in [0.717, 1.165) is 10.0 Å². The maximum absolute atomic E-state index is 13.3. The number of fused-ring (bicyclic) bond motifs is 1. The number of nitrogens with zero attached hydrogens (tertiary/aromatic N) is 2. The van der Waals surface area contributed by atoms with Crippen molar-refractivity contribution in [3.63, 3.8) is 0 Å². The third kappa shape index (κ3) is 5.12. The van der Waals surface area contributed by atoms with Crippen molar-refractivity contribution in [2.75, 3.05) is 20.8 Å². The van der Waals surface area contributed by atoms with Crippen LogP contribution in [0.4, 0.5) is 0 Å². The highest BCUT2D eigenvalue weighted by Gasteiger charge is 2.14. The van der Waals surface area contributed by atoms with Crippen molar-refractivity contribution < 1.29 is 19.0 Å². The number of rotatable bonds is 8. The van der Waals surface area contributed by atoms with Gasteiger partial charge >= 0.3 is 5.97 Å². The van der Waals surface area contributed by atoms with Gasteiger partial charge in [-0.05, 0) is 54.1 Å². The first-order valence-corrected chi connectivity index (χ1v) is 11.4. The van der Waals surface area contributed by atoms with Gasteiger partial charge in [-0.1, -0.05) is 34.1 Å². The lowest BCUT2D eigenvalue weighted by molar-refractivity contribution is 0.0489. The Labute approximate surface area is 205 Å². The highest BCUT2D eigenvalue weighted by molar-refractivity contribution is 9.10. The van der Waals surface area contributed by atoms with Crippen LogP contribution < -0.4 is 15.0 Å². The van der Waals surface area contributed by atoms with E-state index in [0.29, 0.717) is 40.2 Å². The van der Waals surface area contributed by atoms with Crippen LogP contribution in [-0.2, 0) is 17.7 Å². The quantitative estimate of drug-likeness (QED) is 0.314. The Morgan fingerprint density at radius 2 is 1.71 bits per heavy atom. The van der Waals surface area contributed by atoms with E-state index < -0.39 is 5.97 Å². The minimum absolute atomic E-state index is 0.0355. The number of methoxy groups -OCH3 is 2. The van der Waals surface area contributed by atoms with E-state index in [-0.39, 0.29) is 18.7 Å². The summed E-state index contributed by atoms with van der Waals surface area (Å²) in [5, 5.41) is 0.512. The average Bonchev–Trinajstić information content (AvgIpc) is 2.86. The lowest BCUT2D eigenvalue weighted by Gasteiger charge is -2.15. The summed E-state index contributed by atoms with van der Waals surface area (Å²) in [5.74, 6) is 1.33. The van der Waals surface area contributed by atoms with E-state index >= 15 is 0 Å². The molecule has 3 aromatic carbocycles. The summed E-state index contributed by atoms with van der Waals surface area (Å²) < 4.78 is 18.6. The maximum atomic E-state index is 13.3. The van der Waals surface area contributed by atoms with Gasteiger partial charge in [-0.15, -0.1) is 0 Å². The number of halogens is 1. The molecule has 0 aliphatic rings. The topological polar surface area (TPSA) is 79.6 Å². The Kier molecular flexibility index (Phi) is 7.27. The second-order valence-electron chi connectivity index (χ2n) is 7.51. The fraction of sp³-hybridized carbons (Fsp3) is 0.192. The van der Waals surface area contributed by atoms with Crippen LogP contribution in [0.3, 0.4) is 0 Å². The average molecular weight is 523 g/mol. The molecule has 0 fully saturated rings. The zero-order valence-electron chi connectivity index (χ0n) is 18.8. The van der Waals surface area contributed by atoms with E-state index in [1.54, 1.807) is 55.2 Å². The molecule has 7 nitrogen and oxygen atoms in total. The van der Waals surface area contributed by atoms with Crippen molar-refractivity contribution in [3.8, 4) is 11.5 Å². The molecule has 8 heteroatoms. The molecule has 0 amide bonds. The highest BCUT2D eigenvalue weighted by atomic mass is 79.9. The number of hydrogen-bond acceptors (Lipinski definition) is 6. The van der Waals surface area contributed by atoms with Gasteiger partial charge in [0.2, 0.25) is 0 Å². The molecule has 0 N–H and O–H groups in total. The van der Waals surface area contributed by atoms with Crippen LogP contribution in [0.5, 0.6) is 11.5 Å². The first kappa shape index (κ1) is 23.5. The lowest BCUT2D eigenvalue weighted by atomic mass is 10.1. The van der Waals surface area contributed by atoms with Gasteiger partial charge in [0.1, 0.15) is 12.4 Å². The molecular formula is C26H23BrN2O5. The van der Waals surface area contributed by atoms with Gasteiger partial charge < -0.3 is 14.2 Å². The Morgan fingerprint density at radius 1 is 0.971 bits per heavy atom. The van der Waals surface area contributed by atoms with Crippen LogP contribution in [-0.4, -0.2) is 36.3 Å². The monoisotopic (exact) mass is 522 g/mol. The minimum atomic E-state index is -0.448.